The van der Waals surface area contributed by atoms with E-state index in [9.17, 15) is 18.9 Å². The topological polar surface area (TPSA) is 77.3 Å². The van der Waals surface area contributed by atoms with E-state index in [1.807, 2.05) is 6.07 Å². The van der Waals surface area contributed by atoms with Gasteiger partial charge in [0.1, 0.15) is 0 Å². The summed E-state index contributed by atoms with van der Waals surface area (Å²) in [5.74, 6) is -0.480. The van der Waals surface area contributed by atoms with Crippen LogP contribution < -0.4 is 10.1 Å². The van der Waals surface area contributed by atoms with Crippen LogP contribution in [0, 0.1) is 10.1 Å². The number of rotatable bonds is 6. The fourth-order valence-electron chi connectivity index (χ4n) is 1.67. The Morgan fingerprint density at radius 3 is 2.81 bits per heavy atom. The second-order valence-corrected chi connectivity index (χ2v) is 4.03. The van der Waals surface area contributed by atoms with E-state index < -0.39 is 23.0 Å². The van der Waals surface area contributed by atoms with Crippen LogP contribution in [-0.2, 0) is 6.54 Å². The minimum Gasteiger partial charge on any atom is -0.427 e. The van der Waals surface area contributed by atoms with Gasteiger partial charge in [-0.2, -0.15) is 8.78 Å². The summed E-state index contributed by atoms with van der Waals surface area (Å²) in [6, 6.07) is 7.30. The van der Waals surface area contributed by atoms with Crippen LogP contribution in [0.5, 0.6) is 5.75 Å². The van der Waals surface area contributed by atoms with Gasteiger partial charge >= 0.3 is 12.3 Å². The molecule has 0 unspecified atom stereocenters. The monoisotopic (exact) mass is 295 g/mol. The van der Waals surface area contributed by atoms with Crippen molar-refractivity contribution in [1.82, 2.24) is 4.98 Å². The molecular formula is C13H11F2N3O3. The zero-order valence-corrected chi connectivity index (χ0v) is 10.7. The number of hydrogen-bond acceptors (Lipinski definition) is 5. The molecule has 0 bridgehead atoms. The number of nitrogens with zero attached hydrogens (tertiary/aromatic N) is 2. The molecular weight excluding hydrogens is 284 g/mol. The van der Waals surface area contributed by atoms with E-state index in [1.54, 1.807) is 18.5 Å². The number of halogens is 2. The zero-order valence-electron chi connectivity index (χ0n) is 10.7. The summed E-state index contributed by atoms with van der Waals surface area (Å²) in [5.41, 5.74) is 0.800. The van der Waals surface area contributed by atoms with Gasteiger partial charge in [0.15, 0.2) is 0 Å². The average molecular weight is 295 g/mol. The maximum absolute atomic E-state index is 12.3. The van der Waals surface area contributed by atoms with Gasteiger partial charge in [-0.3, -0.25) is 15.1 Å². The third-order valence-corrected chi connectivity index (χ3v) is 2.59. The Morgan fingerprint density at radius 2 is 2.19 bits per heavy atom. The lowest BCUT2D eigenvalue weighted by Crippen LogP contribution is -2.06. The second kappa shape index (κ2) is 6.60. The quantitative estimate of drug-likeness (QED) is 0.654. The number of alkyl halides is 2. The molecule has 0 saturated carbocycles. The lowest BCUT2D eigenvalue weighted by atomic mass is 10.2. The van der Waals surface area contributed by atoms with Gasteiger partial charge in [0.05, 0.1) is 4.92 Å². The van der Waals surface area contributed by atoms with Crippen molar-refractivity contribution in [2.75, 3.05) is 5.32 Å². The van der Waals surface area contributed by atoms with Crippen molar-refractivity contribution < 1.29 is 18.4 Å². The fraction of sp³-hybridized carbons (Fsp3) is 0.154. The number of nitro groups is 1. The SMILES string of the molecule is O=[N+]([O-])c1ccc(NCc2cccnc2)cc1OC(F)F. The minimum absolute atomic E-state index is 0.403. The fourth-order valence-corrected chi connectivity index (χ4v) is 1.67. The van der Waals surface area contributed by atoms with Gasteiger partial charge in [-0.05, 0) is 17.7 Å². The van der Waals surface area contributed by atoms with E-state index in [1.165, 1.54) is 12.1 Å². The van der Waals surface area contributed by atoms with Crippen LogP contribution in [0.2, 0.25) is 0 Å². The standard InChI is InChI=1S/C13H11F2N3O3/c14-13(15)21-12-6-10(3-4-11(12)18(19)20)17-8-9-2-1-5-16-7-9/h1-7,13,17H,8H2. The molecule has 1 aromatic heterocycles. The number of anilines is 1. The summed E-state index contributed by atoms with van der Waals surface area (Å²) in [6.45, 7) is -2.72. The molecule has 0 aliphatic carbocycles. The second-order valence-electron chi connectivity index (χ2n) is 4.03. The minimum atomic E-state index is -3.13. The van der Waals surface area contributed by atoms with Crippen molar-refractivity contribution in [2.24, 2.45) is 0 Å². The molecule has 110 valence electrons. The number of nitro benzene ring substituents is 1. The first-order chi connectivity index (χ1) is 10.1. The van der Waals surface area contributed by atoms with Gasteiger partial charge in [-0.15, -0.1) is 0 Å². The number of ether oxygens (including phenoxy) is 1. The van der Waals surface area contributed by atoms with Crippen LogP contribution >= 0.6 is 0 Å². The van der Waals surface area contributed by atoms with E-state index in [2.05, 4.69) is 15.0 Å². The highest BCUT2D eigenvalue weighted by atomic mass is 19.3. The van der Waals surface area contributed by atoms with Gasteiger partial charge in [0.2, 0.25) is 5.75 Å². The van der Waals surface area contributed by atoms with Gasteiger partial charge in [-0.1, -0.05) is 6.07 Å². The summed E-state index contributed by atoms with van der Waals surface area (Å²) in [6.07, 6.45) is 3.28. The van der Waals surface area contributed by atoms with Crippen LogP contribution in [0.3, 0.4) is 0 Å². The first-order valence-corrected chi connectivity index (χ1v) is 5.92. The molecule has 0 amide bonds. The Kier molecular flexibility index (Phi) is 4.60. The van der Waals surface area contributed by atoms with Crippen LogP contribution in [0.25, 0.3) is 0 Å². The molecule has 2 rings (SSSR count). The van der Waals surface area contributed by atoms with E-state index in [0.717, 1.165) is 11.6 Å². The summed E-state index contributed by atoms with van der Waals surface area (Å²) < 4.78 is 28.7. The van der Waals surface area contributed by atoms with E-state index in [0.29, 0.717) is 12.2 Å². The molecule has 1 heterocycles. The molecule has 0 radical (unpaired) electrons. The highest BCUT2D eigenvalue weighted by Gasteiger charge is 2.18. The van der Waals surface area contributed by atoms with Crippen molar-refractivity contribution >= 4 is 11.4 Å². The maximum Gasteiger partial charge on any atom is 0.387 e. The Balaban J connectivity index is 2.15. The zero-order chi connectivity index (χ0) is 15.2. The maximum atomic E-state index is 12.3. The van der Waals surface area contributed by atoms with Crippen molar-refractivity contribution in [2.45, 2.75) is 13.2 Å². The first-order valence-electron chi connectivity index (χ1n) is 5.92. The third kappa shape index (κ3) is 4.10. The molecule has 0 aliphatic rings. The van der Waals surface area contributed by atoms with E-state index in [-0.39, 0.29) is 0 Å². The predicted molar refractivity (Wildman–Crippen MR) is 71.3 cm³/mol. The van der Waals surface area contributed by atoms with Gasteiger partial charge in [-0.25, -0.2) is 0 Å². The Bertz CT molecular complexity index is 623. The molecule has 1 aromatic carbocycles. The largest absolute Gasteiger partial charge is 0.427 e. The van der Waals surface area contributed by atoms with E-state index in [4.69, 9.17) is 0 Å². The van der Waals surface area contributed by atoms with Crippen molar-refractivity contribution in [3.63, 3.8) is 0 Å². The Morgan fingerprint density at radius 1 is 1.38 bits per heavy atom. The normalized spacial score (nSPS) is 10.4. The van der Waals surface area contributed by atoms with Crippen molar-refractivity contribution in [3.8, 4) is 5.75 Å². The van der Waals surface area contributed by atoms with Crippen LogP contribution in [0.4, 0.5) is 20.2 Å². The predicted octanol–water partition coefficient (Wildman–Crippen LogP) is 3.20. The molecule has 0 aliphatic heterocycles. The molecule has 2 aromatic rings. The van der Waals surface area contributed by atoms with Gasteiger partial charge < -0.3 is 10.1 Å². The molecule has 8 heteroatoms. The lowest BCUT2D eigenvalue weighted by molar-refractivity contribution is -0.386. The molecule has 21 heavy (non-hydrogen) atoms. The highest BCUT2D eigenvalue weighted by Crippen LogP contribution is 2.31. The molecule has 1 N–H and O–H groups in total. The van der Waals surface area contributed by atoms with Crippen LogP contribution in [0.1, 0.15) is 5.56 Å². The van der Waals surface area contributed by atoms with Crippen molar-refractivity contribution in [1.29, 1.82) is 0 Å². The molecule has 0 atom stereocenters. The molecule has 0 saturated heterocycles. The summed E-state index contributed by atoms with van der Waals surface area (Å²) in [5, 5.41) is 13.7. The molecule has 0 spiro atoms. The third-order valence-electron chi connectivity index (χ3n) is 2.59. The smallest absolute Gasteiger partial charge is 0.387 e. The highest BCUT2D eigenvalue weighted by molar-refractivity contribution is 5.58. The number of hydrogen-bond donors (Lipinski definition) is 1. The van der Waals surface area contributed by atoms with Crippen molar-refractivity contribution in [3.05, 3.63) is 58.4 Å². The molecule has 6 nitrogen and oxygen atoms in total. The van der Waals surface area contributed by atoms with E-state index >= 15 is 0 Å². The first kappa shape index (κ1) is 14.6. The van der Waals surface area contributed by atoms with Crippen LogP contribution in [-0.4, -0.2) is 16.5 Å². The summed E-state index contributed by atoms with van der Waals surface area (Å²) in [4.78, 5) is 13.9. The average Bonchev–Trinajstić information content (AvgIpc) is 2.45. The molecule has 0 fully saturated rings. The van der Waals surface area contributed by atoms with Gasteiger partial charge in [0, 0.05) is 36.8 Å². The Labute approximate surface area is 118 Å². The summed E-state index contributed by atoms with van der Waals surface area (Å²) >= 11 is 0. The van der Waals surface area contributed by atoms with Gasteiger partial charge in [0.25, 0.3) is 0 Å². The lowest BCUT2D eigenvalue weighted by Gasteiger charge is -2.09. The Hall–Kier alpha value is -2.77. The summed E-state index contributed by atoms with van der Waals surface area (Å²) in [7, 11) is 0. The number of aromatic nitrogens is 1. The number of pyridine rings is 1. The number of nitrogens with one attached hydrogen (secondary N) is 1. The van der Waals surface area contributed by atoms with Crippen LogP contribution in [0.15, 0.2) is 42.7 Å². The number of benzene rings is 1.